The number of nitrogens with one attached hydrogen (secondary N) is 1. The number of ether oxygens (including phenoxy) is 1. The molecular weight excluding hydrogens is 252 g/mol. The Bertz CT molecular complexity index is 543. The molecule has 0 unspecified atom stereocenters. The van der Waals surface area contributed by atoms with Crippen molar-refractivity contribution in [3.05, 3.63) is 41.9 Å². The molecule has 0 aliphatic heterocycles. The van der Waals surface area contributed by atoms with Crippen molar-refractivity contribution < 1.29 is 4.74 Å². The first kappa shape index (κ1) is 14.2. The van der Waals surface area contributed by atoms with Crippen molar-refractivity contribution >= 4 is 5.95 Å². The highest BCUT2D eigenvalue weighted by atomic mass is 16.5. The largest absolute Gasteiger partial charge is 0.475 e. The predicted octanol–water partition coefficient (Wildman–Crippen LogP) is 2.62. The zero-order valence-electron chi connectivity index (χ0n) is 12.1. The van der Waals surface area contributed by atoms with E-state index in [9.17, 15) is 0 Å². The number of rotatable bonds is 6. The molecule has 0 bridgehead atoms. The molecule has 0 saturated carbocycles. The van der Waals surface area contributed by atoms with Crippen LogP contribution in [0.4, 0.5) is 5.95 Å². The van der Waals surface area contributed by atoms with Gasteiger partial charge in [0, 0.05) is 36.6 Å². The van der Waals surface area contributed by atoms with Crippen molar-refractivity contribution in [3.63, 3.8) is 0 Å². The molecule has 2 rings (SSSR count). The quantitative estimate of drug-likeness (QED) is 0.876. The Morgan fingerprint density at radius 1 is 1.25 bits per heavy atom. The Hall–Kier alpha value is -2.17. The van der Waals surface area contributed by atoms with Crippen LogP contribution in [0.5, 0.6) is 5.88 Å². The highest BCUT2D eigenvalue weighted by Gasteiger charge is 2.04. The van der Waals surface area contributed by atoms with Crippen LogP contribution in [-0.2, 0) is 6.42 Å². The molecule has 106 valence electrons. The molecule has 0 aliphatic rings. The third-order valence-corrected chi connectivity index (χ3v) is 2.58. The zero-order chi connectivity index (χ0) is 14.4. The normalized spacial score (nSPS) is 10.6. The summed E-state index contributed by atoms with van der Waals surface area (Å²) in [4.78, 5) is 13.0. The monoisotopic (exact) mass is 272 g/mol. The average Bonchev–Trinajstić information content (AvgIpc) is 2.38. The van der Waals surface area contributed by atoms with Crippen molar-refractivity contribution in [1.29, 1.82) is 0 Å². The maximum Gasteiger partial charge on any atom is 0.226 e. The third-order valence-electron chi connectivity index (χ3n) is 2.58. The lowest BCUT2D eigenvalue weighted by molar-refractivity contribution is 0.232. The van der Waals surface area contributed by atoms with Crippen molar-refractivity contribution in [2.24, 2.45) is 0 Å². The van der Waals surface area contributed by atoms with Gasteiger partial charge in [0.1, 0.15) is 0 Å². The Labute approximate surface area is 119 Å². The Balaban J connectivity index is 1.93. The molecule has 0 aliphatic carbocycles. The van der Waals surface area contributed by atoms with Gasteiger partial charge in [0.25, 0.3) is 0 Å². The molecular formula is C15H20N4O. The minimum atomic E-state index is 0.102. The van der Waals surface area contributed by atoms with Crippen molar-refractivity contribution in [1.82, 2.24) is 15.0 Å². The van der Waals surface area contributed by atoms with Crippen LogP contribution in [0.25, 0.3) is 0 Å². The molecule has 0 saturated heterocycles. The molecule has 0 radical (unpaired) electrons. The summed E-state index contributed by atoms with van der Waals surface area (Å²) >= 11 is 0. The molecule has 5 heteroatoms. The molecule has 2 aromatic rings. The number of anilines is 1. The highest BCUT2D eigenvalue weighted by Crippen LogP contribution is 2.13. The maximum absolute atomic E-state index is 5.60. The Morgan fingerprint density at radius 2 is 2.10 bits per heavy atom. The summed E-state index contributed by atoms with van der Waals surface area (Å²) in [7, 11) is 0. The van der Waals surface area contributed by atoms with Gasteiger partial charge in [-0.3, -0.25) is 4.98 Å². The predicted molar refractivity (Wildman–Crippen MR) is 79.0 cm³/mol. The van der Waals surface area contributed by atoms with Gasteiger partial charge in [-0.2, -0.15) is 4.98 Å². The van der Waals surface area contributed by atoms with Gasteiger partial charge < -0.3 is 10.1 Å². The van der Waals surface area contributed by atoms with Crippen molar-refractivity contribution in [3.8, 4) is 5.88 Å². The van der Waals surface area contributed by atoms with E-state index in [0.717, 1.165) is 24.4 Å². The minimum absolute atomic E-state index is 0.102. The number of hydrogen-bond donors (Lipinski definition) is 1. The van der Waals surface area contributed by atoms with Crippen LogP contribution in [0.2, 0.25) is 0 Å². The first-order valence-corrected chi connectivity index (χ1v) is 6.79. The van der Waals surface area contributed by atoms with Crippen LogP contribution < -0.4 is 10.1 Å². The standard InChI is InChI=1S/C15H20N4O/c1-11(2)20-14-10-12(3)18-15(19-14)17-9-7-13-6-4-5-8-16-13/h4-6,8,10-11H,7,9H2,1-3H3,(H,17,18,19). The summed E-state index contributed by atoms with van der Waals surface area (Å²) in [6, 6.07) is 7.74. The van der Waals surface area contributed by atoms with E-state index in [1.54, 1.807) is 6.20 Å². The van der Waals surface area contributed by atoms with Gasteiger partial charge in [-0.05, 0) is 32.9 Å². The molecule has 1 N–H and O–H groups in total. The van der Waals surface area contributed by atoms with E-state index in [0.29, 0.717) is 11.8 Å². The maximum atomic E-state index is 5.60. The molecule has 0 aromatic carbocycles. The lowest BCUT2D eigenvalue weighted by atomic mass is 10.3. The highest BCUT2D eigenvalue weighted by molar-refractivity contribution is 5.30. The van der Waals surface area contributed by atoms with Crippen LogP contribution >= 0.6 is 0 Å². The van der Waals surface area contributed by atoms with Crippen LogP contribution in [0.15, 0.2) is 30.5 Å². The van der Waals surface area contributed by atoms with E-state index in [2.05, 4.69) is 20.3 Å². The van der Waals surface area contributed by atoms with Gasteiger partial charge in [-0.1, -0.05) is 6.07 Å². The summed E-state index contributed by atoms with van der Waals surface area (Å²) in [5.41, 5.74) is 1.93. The molecule has 2 heterocycles. The average molecular weight is 272 g/mol. The number of aryl methyl sites for hydroxylation is 1. The molecule has 0 fully saturated rings. The topological polar surface area (TPSA) is 59.9 Å². The summed E-state index contributed by atoms with van der Waals surface area (Å²) in [6.07, 6.45) is 2.73. The number of hydrogen-bond acceptors (Lipinski definition) is 5. The SMILES string of the molecule is Cc1cc(OC(C)C)nc(NCCc2ccccn2)n1. The molecule has 20 heavy (non-hydrogen) atoms. The van der Waals surface area contributed by atoms with Crippen molar-refractivity contribution in [2.75, 3.05) is 11.9 Å². The second kappa shape index (κ2) is 6.84. The summed E-state index contributed by atoms with van der Waals surface area (Å²) < 4.78 is 5.60. The van der Waals surface area contributed by atoms with Crippen molar-refractivity contribution in [2.45, 2.75) is 33.3 Å². The summed E-state index contributed by atoms with van der Waals surface area (Å²) in [6.45, 7) is 6.62. The molecule has 2 aromatic heterocycles. The van der Waals surface area contributed by atoms with Crippen LogP contribution in [0.1, 0.15) is 25.2 Å². The zero-order valence-corrected chi connectivity index (χ0v) is 12.1. The van der Waals surface area contributed by atoms with E-state index >= 15 is 0 Å². The first-order valence-electron chi connectivity index (χ1n) is 6.79. The first-order chi connectivity index (χ1) is 9.63. The van der Waals surface area contributed by atoms with E-state index in [4.69, 9.17) is 4.74 Å². The number of nitrogens with zero attached hydrogens (tertiary/aromatic N) is 3. The summed E-state index contributed by atoms with van der Waals surface area (Å²) in [5.74, 6) is 1.20. The van der Waals surface area contributed by atoms with Gasteiger partial charge >= 0.3 is 0 Å². The third kappa shape index (κ3) is 4.50. The second-order valence-corrected chi connectivity index (χ2v) is 4.84. The van der Waals surface area contributed by atoms with Crippen LogP contribution in [-0.4, -0.2) is 27.6 Å². The van der Waals surface area contributed by atoms with Crippen LogP contribution in [0.3, 0.4) is 0 Å². The number of aromatic nitrogens is 3. The van der Waals surface area contributed by atoms with Gasteiger partial charge in [0.2, 0.25) is 11.8 Å². The second-order valence-electron chi connectivity index (χ2n) is 4.84. The van der Waals surface area contributed by atoms with E-state index < -0.39 is 0 Å². The van der Waals surface area contributed by atoms with E-state index in [1.807, 2.05) is 45.0 Å². The molecule has 0 amide bonds. The lowest BCUT2D eigenvalue weighted by Crippen LogP contribution is -2.12. The molecule has 0 atom stereocenters. The fourth-order valence-electron chi connectivity index (χ4n) is 1.77. The van der Waals surface area contributed by atoms with E-state index in [-0.39, 0.29) is 6.10 Å². The van der Waals surface area contributed by atoms with Gasteiger partial charge in [-0.25, -0.2) is 4.98 Å². The Kier molecular flexibility index (Phi) is 4.87. The van der Waals surface area contributed by atoms with Gasteiger partial charge in [-0.15, -0.1) is 0 Å². The molecule has 5 nitrogen and oxygen atoms in total. The summed E-state index contributed by atoms with van der Waals surface area (Å²) in [5, 5.41) is 3.21. The molecule has 0 spiro atoms. The number of pyridine rings is 1. The fraction of sp³-hybridized carbons (Fsp3) is 0.400. The Morgan fingerprint density at radius 3 is 2.80 bits per heavy atom. The van der Waals surface area contributed by atoms with Gasteiger partial charge in [0.15, 0.2) is 0 Å². The minimum Gasteiger partial charge on any atom is -0.475 e. The lowest BCUT2D eigenvalue weighted by Gasteiger charge is -2.11. The van der Waals surface area contributed by atoms with E-state index in [1.165, 1.54) is 0 Å². The van der Waals surface area contributed by atoms with Gasteiger partial charge in [0.05, 0.1) is 6.10 Å². The fourth-order valence-corrected chi connectivity index (χ4v) is 1.77. The van der Waals surface area contributed by atoms with Crippen LogP contribution in [0, 0.1) is 6.92 Å². The smallest absolute Gasteiger partial charge is 0.226 e.